The molecule has 2 aliphatic heterocycles. The minimum atomic E-state index is -0.105. The van der Waals surface area contributed by atoms with E-state index >= 15 is 0 Å². The molecule has 2 heterocycles. The van der Waals surface area contributed by atoms with Gasteiger partial charge < -0.3 is 9.47 Å². The van der Waals surface area contributed by atoms with Crippen molar-refractivity contribution in [3.8, 4) is 11.5 Å². The Morgan fingerprint density at radius 2 is 1.47 bits per heavy atom. The fraction of sp³-hybridized carbons (Fsp3) is 0.583. The summed E-state index contributed by atoms with van der Waals surface area (Å²) in [6.07, 6.45) is 9.53. The van der Waals surface area contributed by atoms with Crippen molar-refractivity contribution in [2.75, 3.05) is 33.9 Å². The van der Waals surface area contributed by atoms with Crippen molar-refractivity contribution < 1.29 is 19.1 Å². The number of hydrogen-bond donors (Lipinski definition) is 0. The van der Waals surface area contributed by atoms with E-state index in [1.165, 1.54) is 16.0 Å². The maximum absolute atomic E-state index is 12.5. The van der Waals surface area contributed by atoms with Crippen LogP contribution >= 0.6 is 0 Å². The molecule has 162 valence electrons. The molecule has 1 aromatic rings. The molecule has 1 aliphatic carbocycles. The van der Waals surface area contributed by atoms with Gasteiger partial charge in [-0.25, -0.2) is 0 Å². The number of methoxy groups -OCH3 is 2. The van der Waals surface area contributed by atoms with Gasteiger partial charge in [0.25, 0.3) is 0 Å². The lowest BCUT2D eigenvalue weighted by Gasteiger charge is -2.29. The van der Waals surface area contributed by atoms with Gasteiger partial charge in [0.2, 0.25) is 11.8 Å². The molecule has 4 rings (SSSR count). The molecule has 6 heteroatoms. The molecular weight excluding hydrogens is 380 g/mol. The molecule has 2 amide bonds. The molecule has 30 heavy (non-hydrogen) atoms. The van der Waals surface area contributed by atoms with Crippen LogP contribution in [0.1, 0.15) is 43.2 Å². The molecule has 3 aliphatic rings. The molecule has 0 bridgehead atoms. The van der Waals surface area contributed by atoms with Gasteiger partial charge in [-0.3, -0.25) is 19.4 Å². The molecule has 2 atom stereocenters. The fourth-order valence-corrected chi connectivity index (χ4v) is 5.00. The maximum Gasteiger partial charge on any atom is 0.233 e. The molecule has 1 aromatic carbocycles. The van der Waals surface area contributed by atoms with Crippen LogP contribution in [0.25, 0.3) is 0 Å². The van der Waals surface area contributed by atoms with Gasteiger partial charge in [-0.1, -0.05) is 18.6 Å². The van der Waals surface area contributed by atoms with E-state index in [4.69, 9.17) is 9.47 Å². The highest BCUT2D eigenvalue weighted by atomic mass is 16.5. The zero-order valence-electron chi connectivity index (χ0n) is 18.1. The number of fused-ring (bicyclic) bond motifs is 2. The van der Waals surface area contributed by atoms with Gasteiger partial charge in [0.15, 0.2) is 11.5 Å². The predicted octanol–water partition coefficient (Wildman–Crippen LogP) is 3.18. The number of amides is 2. The molecule has 1 fully saturated rings. The lowest BCUT2D eigenvalue weighted by Crippen LogP contribution is -2.33. The van der Waals surface area contributed by atoms with Gasteiger partial charge in [0, 0.05) is 19.6 Å². The third-order valence-electron chi connectivity index (χ3n) is 6.75. The van der Waals surface area contributed by atoms with E-state index in [1.54, 1.807) is 14.2 Å². The van der Waals surface area contributed by atoms with Crippen molar-refractivity contribution in [2.45, 2.75) is 45.1 Å². The second-order valence-corrected chi connectivity index (χ2v) is 8.55. The van der Waals surface area contributed by atoms with Crippen LogP contribution in [0.4, 0.5) is 0 Å². The SMILES string of the molecule is COc1cc2c(cc1OC)CN(CCCCCN1C(=O)C3CC=CCC3C1=O)CC2. The van der Waals surface area contributed by atoms with Gasteiger partial charge in [-0.05, 0) is 61.9 Å². The average Bonchev–Trinajstić information content (AvgIpc) is 3.02. The third-order valence-corrected chi connectivity index (χ3v) is 6.75. The molecule has 0 saturated carbocycles. The minimum absolute atomic E-state index is 0.0476. The largest absolute Gasteiger partial charge is 0.493 e. The Hall–Kier alpha value is -2.34. The van der Waals surface area contributed by atoms with Crippen molar-refractivity contribution in [3.63, 3.8) is 0 Å². The topological polar surface area (TPSA) is 59.1 Å². The number of rotatable bonds is 8. The standard InChI is InChI=1S/C24H32N2O4/c1-29-21-14-17-10-13-25(16-18(17)15-22(21)30-2)11-6-3-7-12-26-23(27)19-8-4-5-9-20(19)24(26)28/h4-5,14-15,19-20H,3,6-13,16H2,1-2H3. The highest BCUT2D eigenvalue weighted by Gasteiger charge is 2.46. The van der Waals surface area contributed by atoms with Crippen LogP contribution < -0.4 is 9.47 Å². The van der Waals surface area contributed by atoms with Crippen LogP contribution in [0.15, 0.2) is 24.3 Å². The Kier molecular flexibility index (Phi) is 6.42. The number of hydrogen-bond acceptors (Lipinski definition) is 5. The lowest BCUT2D eigenvalue weighted by molar-refractivity contribution is -0.139. The highest BCUT2D eigenvalue weighted by Crippen LogP contribution is 2.35. The zero-order valence-corrected chi connectivity index (χ0v) is 18.1. The Balaban J connectivity index is 1.22. The van der Waals surface area contributed by atoms with E-state index in [0.717, 1.165) is 69.7 Å². The molecular formula is C24H32N2O4. The summed E-state index contributed by atoms with van der Waals surface area (Å²) >= 11 is 0. The summed E-state index contributed by atoms with van der Waals surface area (Å²) in [5.74, 6) is 1.47. The van der Waals surface area contributed by atoms with Gasteiger partial charge >= 0.3 is 0 Å². The van der Waals surface area contributed by atoms with Crippen molar-refractivity contribution in [1.29, 1.82) is 0 Å². The van der Waals surface area contributed by atoms with Gasteiger partial charge in [0.1, 0.15) is 0 Å². The van der Waals surface area contributed by atoms with E-state index in [0.29, 0.717) is 6.54 Å². The number of benzene rings is 1. The van der Waals surface area contributed by atoms with E-state index in [9.17, 15) is 9.59 Å². The average molecular weight is 413 g/mol. The van der Waals surface area contributed by atoms with Crippen LogP contribution in [0.5, 0.6) is 11.5 Å². The summed E-state index contributed by atoms with van der Waals surface area (Å²) < 4.78 is 10.9. The van der Waals surface area contributed by atoms with Crippen molar-refractivity contribution in [2.24, 2.45) is 11.8 Å². The van der Waals surface area contributed by atoms with E-state index in [2.05, 4.69) is 17.0 Å². The first-order chi connectivity index (χ1) is 14.6. The Morgan fingerprint density at radius 3 is 2.10 bits per heavy atom. The Bertz CT molecular complexity index is 809. The van der Waals surface area contributed by atoms with E-state index in [-0.39, 0.29) is 23.7 Å². The zero-order chi connectivity index (χ0) is 21.1. The Morgan fingerprint density at radius 1 is 0.867 bits per heavy atom. The summed E-state index contributed by atoms with van der Waals surface area (Å²) in [6.45, 7) is 3.58. The van der Waals surface area contributed by atoms with Crippen LogP contribution in [0.3, 0.4) is 0 Å². The van der Waals surface area contributed by atoms with E-state index in [1.807, 2.05) is 12.2 Å². The smallest absolute Gasteiger partial charge is 0.233 e. The van der Waals surface area contributed by atoms with Crippen LogP contribution in [-0.4, -0.2) is 55.5 Å². The van der Waals surface area contributed by atoms with Crippen molar-refractivity contribution >= 4 is 11.8 Å². The number of nitrogens with zero attached hydrogens (tertiary/aromatic N) is 2. The number of likely N-dealkylation sites (tertiary alicyclic amines) is 1. The quantitative estimate of drug-likeness (QED) is 0.373. The number of carbonyl (C=O) groups is 2. The first-order valence-corrected chi connectivity index (χ1v) is 11.1. The molecule has 2 unspecified atom stereocenters. The molecule has 6 nitrogen and oxygen atoms in total. The molecule has 0 aromatic heterocycles. The number of imide groups is 1. The number of ether oxygens (including phenoxy) is 2. The third kappa shape index (κ3) is 4.10. The summed E-state index contributed by atoms with van der Waals surface area (Å²) in [7, 11) is 3.35. The fourth-order valence-electron chi connectivity index (χ4n) is 5.00. The first kappa shape index (κ1) is 20.9. The molecule has 0 radical (unpaired) electrons. The second-order valence-electron chi connectivity index (χ2n) is 8.55. The van der Waals surface area contributed by atoms with E-state index < -0.39 is 0 Å². The summed E-state index contributed by atoms with van der Waals surface area (Å²) in [5.41, 5.74) is 2.65. The monoisotopic (exact) mass is 412 g/mol. The maximum atomic E-state index is 12.5. The van der Waals surface area contributed by atoms with Crippen LogP contribution in [0.2, 0.25) is 0 Å². The lowest BCUT2D eigenvalue weighted by atomic mass is 9.85. The van der Waals surface area contributed by atoms with Crippen molar-refractivity contribution in [3.05, 3.63) is 35.4 Å². The van der Waals surface area contributed by atoms with Crippen LogP contribution in [-0.2, 0) is 22.6 Å². The predicted molar refractivity (Wildman–Crippen MR) is 114 cm³/mol. The first-order valence-electron chi connectivity index (χ1n) is 11.1. The van der Waals surface area contributed by atoms with Crippen molar-refractivity contribution in [1.82, 2.24) is 9.80 Å². The van der Waals surface area contributed by atoms with Gasteiger partial charge in [0.05, 0.1) is 26.1 Å². The number of allylic oxidation sites excluding steroid dienone is 2. The Labute approximate surface area is 178 Å². The normalized spacial score (nSPS) is 23.5. The van der Waals surface area contributed by atoms with Crippen LogP contribution in [0, 0.1) is 11.8 Å². The van der Waals surface area contributed by atoms with Gasteiger partial charge in [-0.2, -0.15) is 0 Å². The molecule has 0 spiro atoms. The highest BCUT2D eigenvalue weighted by molar-refractivity contribution is 6.05. The minimum Gasteiger partial charge on any atom is -0.493 e. The summed E-state index contributed by atoms with van der Waals surface area (Å²) in [6, 6.07) is 4.20. The second kappa shape index (κ2) is 9.21. The number of unbranched alkanes of at least 4 members (excludes halogenated alkanes) is 2. The molecule has 0 N–H and O–H groups in total. The molecule has 1 saturated heterocycles. The van der Waals surface area contributed by atoms with Gasteiger partial charge in [-0.15, -0.1) is 0 Å². The summed E-state index contributed by atoms with van der Waals surface area (Å²) in [4.78, 5) is 29.0. The number of carbonyl (C=O) groups excluding carboxylic acids is 2. The summed E-state index contributed by atoms with van der Waals surface area (Å²) in [5, 5.41) is 0.